The number of hydrogen-bond donors (Lipinski definition) is 1. The topological polar surface area (TPSA) is 65.9 Å². The van der Waals surface area contributed by atoms with Crippen molar-refractivity contribution in [1.82, 2.24) is 15.0 Å². The van der Waals surface area contributed by atoms with Crippen molar-refractivity contribution in [2.45, 2.75) is 46.2 Å². The van der Waals surface area contributed by atoms with Crippen molar-refractivity contribution in [3.63, 3.8) is 0 Å². The lowest BCUT2D eigenvalue weighted by molar-refractivity contribution is -0.0450. The van der Waals surface area contributed by atoms with E-state index in [1.165, 1.54) is 30.4 Å². The van der Waals surface area contributed by atoms with Crippen LogP contribution in [0.4, 0.5) is 0 Å². The smallest absolute Gasteiger partial charge is 0.138 e. The lowest BCUT2D eigenvalue weighted by Gasteiger charge is -2.51. The lowest BCUT2D eigenvalue weighted by atomic mass is 9.64. The van der Waals surface area contributed by atoms with Crippen LogP contribution in [-0.4, -0.2) is 52.8 Å². The first-order valence-corrected chi connectivity index (χ1v) is 10.1. The van der Waals surface area contributed by atoms with Crippen LogP contribution in [0.15, 0.2) is 27.5 Å². The maximum atomic E-state index is 10.1. The van der Waals surface area contributed by atoms with Crippen LogP contribution in [0.2, 0.25) is 0 Å². The van der Waals surface area contributed by atoms with Crippen molar-refractivity contribution in [3.8, 4) is 0 Å². The monoisotopic (exact) mass is 373 g/mol. The molecule has 0 radical (unpaired) electrons. The second-order valence-electron chi connectivity index (χ2n) is 8.44. The molecule has 2 fully saturated rings. The minimum Gasteiger partial charge on any atom is -0.472 e. The highest BCUT2D eigenvalue weighted by molar-refractivity contribution is 5.20. The van der Waals surface area contributed by atoms with E-state index >= 15 is 0 Å². The summed E-state index contributed by atoms with van der Waals surface area (Å²) < 4.78 is 10.5. The molecule has 2 aromatic heterocycles. The lowest BCUT2D eigenvalue weighted by Crippen LogP contribution is -2.53. The van der Waals surface area contributed by atoms with Crippen LogP contribution in [-0.2, 0) is 13.1 Å². The van der Waals surface area contributed by atoms with Crippen LogP contribution >= 0.6 is 0 Å². The summed E-state index contributed by atoms with van der Waals surface area (Å²) in [5.74, 6) is 1.30. The first-order valence-electron chi connectivity index (χ1n) is 10.1. The molecule has 2 aliphatic rings. The molecule has 6 heteroatoms. The Bertz CT molecular complexity index is 712. The number of aliphatic hydroxyl groups excluding tert-OH is 1. The predicted molar refractivity (Wildman–Crippen MR) is 102 cm³/mol. The summed E-state index contributed by atoms with van der Waals surface area (Å²) in [6.45, 7) is 10.4. The summed E-state index contributed by atoms with van der Waals surface area (Å²) in [5.41, 5.74) is 3.75. The van der Waals surface area contributed by atoms with E-state index in [-0.39, 0.29) is 12.0 Å². The van der Waals surface area contributed by atoms with Gasteiger partial charge in [0.2, 0.25) is 0 Å². The van der Waals surface area contributed by atoms with Crippen LogP contribution in [0.5, 0.6) is 0 Å². The molecule has 4 rings (SSSR count). The average Bonchev–Trinajstić information content (AvgIpc) is 3.30. The molecule has 2 aromatic rings. The summed E-state index contributed by atoms with van der Waals surface area (Å²) in [6, 6.07) is 2.03. The SMILES string of the molecule is Cc1noc(C)c1CN1CCC2(CC1)CCN(Cc1ccoc1)C[C@@H]2CO. The second-order valence-corrected chi connectivity index (χ2v) is 8.44. The van der Waals surface area contributed by atoms with Gasteiger partial charge in [-0.15, -0.1) is 0 Å². The number of rotatable bonds is 5. The molecule has 6 nitrogen and oxygen atoms in total. The molecule has 148 valence electrons. The van der Waals surface area contributed by atoms with Crippen molar-refractivity contribution in [1.29, 1.82) is 0 Å². The number of furan rings is 1. The van der Waals surface area contributed by atoms with Crippen LogP contribution in [0, 0.1) is 25.2 Å². The van der Waals surface area contributed by atoms with E-state index in [0.29, 0.717) is 5.92 Å². The van der Waals surface area contributed by atoms with E-state index in [0.717, 1.165) is 50.7 Å². The van der Waals surface area contributed by atoms with Gasteiger partial charge in [0.1, 0.15) is 5.76 Å². The van der Waals surface area contributed by atoms with Gasteiger partial charge in [0.05, 0.1) is 18.2 Å². The van der Waals surface area contributed by atoms with Crippen LogP contribution in [0.1, 0.15) is 41.8 Å². The van der Waals surface area contributed by atoms with Gasteiger partial charge in [-0.1, -0.05) is 5.16 Å². The number of aromatic nitrogens is 1. The molecule has 2 saturated heterocycles. The Hall–Kier alpha value is -1.63. The molecule has 1 atom stereocenters. The van der Waals surface area contributed by atoms with E-state index in [1.807, 2.05) is 26.2 Å². The zero-order valence-electron chi connectivity index (χ0n) is 16.5. The first kappa shape index (κ1) is 18.7. The molecule has 0 aliphatic carbocycles. The molecule has 1 N–H and O–H groups in total. The summed E-state index contributed by atoms with van der Waals surface area (Å²) in [4.78, 5) is 4.98. The van der Waals surface area contributed by atoms with Crippen molar-refractivity contribution >= 4 is 0 Å². The van der Waals surface area contributed by atoms with E-state index < -0.39 is 0 Å². The van der Waals surface area contributed by atoms with Crippen molar-refractivity contribution in [3.05, 3.63) is 41.2 Å². The van der Waals surface area contributed by atoms with E-state index in [4.69, 9.17) is 8.94 Å². The van der Waals surface area contributed by atoms with Crippen molar-refractivity contribution < 1.29 is 14.0 Å². The highest BCUT2D eigenvalue weighted by Crippen LogP contribution is 2.45. The van der Waals surface area contributed by atoms with Crippen molar-refractivity contribution in [2.75, 3.05) is 32.8 Å². The highest BCUT2D eigenvalue weighted by atomic mass is 16.5. The summed E-state index contributed by atoms with van der Waals surface area (Å²) in [7, 11) is 0. The van der Waals surface area contributed by atoms with Gasteiger partial charge in [-0.05, 0) is 64.2 Å². The third kappa shape index (κ3) is 3.84. The maximum Gasteiger partial charge on any atom is 0.138 e. The van der Waals surface area contributed by atoms with E-state index in [9.17, 15) is 5.11 Å². The largest absolute Gasteiger partial charge is 0.472 e. The van der Waals surface area contributed by atoms with Crippen molar-refractivity contribution in [2.24, 2.45) is 11.3 Å². The minimum absolute atomic E-state index is 0.283. The molecule has 27 heavy (non-hydrogen) atoms. The quantitative estimate of drug-likeness (QED) is 0.869. The Balaban J connectivity index is 1.35. The Labute approximate surface area is 161 Å². The fraction of sp³-hybridized carbons (Fsp3) is 0.667. The van der Waals surface area contributed by atoms with Gasteiger partial charge in [0, 0.05) is 43.3 Å². The Morgan fingerprint density at radius 2 is 1.89 bits per heavy atom. The number of aliphatic hydroxyl groups is 1. The number of likely N-dealkylation sites (tertiary alicyclic amines) is 2. The Morgan fingerprint density at radius 1 is 1.15 bits per heavy atom. The number of hydrogen-bond acceptors (Lipinski definition) is 6. The third-order valence-electron chi connectivity index (χ3n) is 6.89. The van der Waals surface area contributed by atoms with Gasteiger partial charge < -0.3 is 14.0 Å². The molecule has 0 bridgehead atoms. The van der Waals surface area contributed by atoms with Gasteiger partial charge in [-0.3, -0.25) is 9.80 Å². The van der Waals surface area contributed by atoms with Crippen LogP contribution < -0.4 is 0 Å². The maximum absolute atomic E-state index is 10.1. The van der Waals surface area contributed by atoms with Crippen LogP contribution in [0.3, 0.4) is 0 Å². The van der Waals surface area contributed by atoms with E-state index in [1.54, 1.807) is 6.26 Å². The van der Waals surface area contributed by atoms with Gasteiger partial charge in [0.25, 0.3) is 0 Å². The molecule has 1 spiro atoms. The summed E-state index contributed by atoms with van der Waals surface area (Å²) in [6.07, 6.45) is 7.07. The minimum atomic E-state index is 0.283. The molecule has 4 heterocycles. The molecule has 2 aliphatic heterocycles. The van der Waals surface area contributed by atoms with Gasteiger partial charge >= 0.3 is 0 Å². The zero-order chi connectivity index (χ0) is 18.9. The Morgan fingerprint density at radius 3 is 2.48 bits per heavy atom. The third-order valence-corrected chi connectivity index (χ3v) is 6.89. The van der Waals surface area contributed by atoms with Gasteiger partial charge in [-0.2, -0.15) is 0 Å². The zero-order valence-corrected chi connectivity index (χ0v) is 16.5. The fourth-order valence-corrected chi connectivity index (χ4v) is 4.98. The predicted octanol–water partition coefficient (Wildman–Crippen LogP) is 2.98. The summed E-state index contributed by atoms with van der Waals surface area (Å²) >= 11 is 0. The molecule has 0 amide bonds. The summed E-state index contributed by atoms with van der Waals surface area (Å²) in [5, 5.41) is 14.2. The average molecular weight is 373 g/mol. The normalized spacial score (nSPS) is 23.9. The number of nitrogens with zero attached hydrogens (tertiary/aromatic N) is 3. The Kier molecular flexibility index (Phi) is 5.39. The van der Waals surface area contributed by atoms with E-state index in [2.05, 4.69) is 15.0 Å². The second kappa shape index (κ2) is 7.78. The number of piperidine rings is 2. The molecule has 0 aromatic carbocycles. The molecule has 0 saturated carbocycles. The molecular weight excluding hydrogens is 342 g/mol. The fourth-order valence-electron chi connectivity index (χ4n) is 4.98. The molecule has 0 unspecified atom stereocenters. The highest BCUT2D eigenvalue weighted by Gasteiger charge is 2.44. The molecular formula is C21H31N3O3. The van der Waals surface area contributed by atoms with Gasteiger partial charge in [-0.25, -0.2) is 0 Å². The number of aryl methyl sites for hydroxylation is 2. The van der Waals surface area contributed by atoms with Crippen LogP contribution in [0.25, 0.3) is 0 Å². The standard InChI is InChI=1S/C21H31N3O3/c1-16-20(17(2)27-22-16)13-23-7-4-21(5-8-23)6-9-24(12-19(21)14-25)11-18-3-10-26-15-18/h3,10,15,19,25H,4-9,11-14H2,1-2H3/t19-/m1/s1. The van der Waals surface area contributed by atoms with Gasteiger partial charge in [0.15, 0.2) is 0 Å². The first-order chi connectivity index (χ1) is 13.1.